The Kier molecular flexibility index (Phi) is 9.95. The van der Waals surface area contributed by atoms with E-state index in [-0.39, 0.29) is 44.6 Å². The fourth-order valence-electron chi connectivity index (χ4n) is 4.58. The van der Waals surface area contributed by atoms with Crippen LogP contribution in [0, 0.1) is 11.2 Å². The maximum atomic E-state index is 14.1. The molecule has 1 atom stereocenters. The molecule has 1 aliphatic heterocycles. The summed E-state index contributed by atoms with van der Waals surface area (Å²) in [5.74, 6) is 3.31. The standard InChI is InChI=1S/C28H32FN2O6PS/c1-34-23-5-3-19(25(16-23)35-2)18-30-27(33)28(10-12-36-13-11-28)31(26(32)9-14-39-38)21-4-8-24(20(15-21)17-29)37-22-6-7-22/h3-5,8,15-16,22H,6-7,10-13,17-18,38H2,1-2H3,(H,30,33). The van der Waals surface area contributed by atoms with E-state index >= 15 is 0 Å². The van der Waals surface area contributed by atoms with E-state index in [4.69, 9.17) is 18.9 Å². The minimum atomic E-state index is -1.30. The predicted octanol–water partition coefficient (Wildman–Crippen LogP) is 4.40. The van der Waals surface area contributed by atoms with E-state index < -0.39 is 18.1 Å². The second-order valence-electron chi connectivity index (χ2n) is 9.23. The average molecular weight is 575 g/mol. The fourth-order valence-corrected chi connectivity index (χ4v) is 4.90. The summed E-state index contributed by atoms with van der Waals surface area (Å²) in [5, 5.41) is 5.69. The van der Waals surface area contributed by atoms with Crippen LogP contribution in [0.3, 0.4) is 0 Å². The van der Waals surface area contributed by atoms with Crippen molar-refractivity contribution in [3.63, 3.8) is 0 Å². The van der Waals surface area contributed by atoms with Gasteiger partial charge in [0, 0.05) is 61.4 Å². The lowest BCUT2D eigenvalue weighted by atomic mass is 9.85. The molecule has 1 unspecified atom stereocenters. The summed E-state index contributed by atoms with van der Waals surface area (Å²) in [6, 6.07) is 10.2. The number of carbonyl (C=O) groups excluding carboxylic acids is 2. The third kappa shape index (κ3) is 6.78. The summed E-state index contributed by atoms with van der Waals surface area (Å²) < 4.78 is 36.3. The molecular weight excluding hydrogens is 542 g/mol. The number of nitrogens with one attached hydrogen (secondary N) is 1. The van der Waals surface area contributed by atoms with Gasteiger partial charge in [-0.3, -0.25) is 14.5 Å². The summed E-state index contributed by atoms with van der Waals surface area (Å²) in [6.45, 7) is -0.0697. The van der Waals surface area contributed by atoms with Gasteiger partial charge >= 0.3 is 5.91 Å². The van der Waals surface area contributed by atoms with Crippen LogP contribution in [0.25, 0.3) is 0 Å². The topological polar surface area (TPSA) is 86.3 Å². The highest BCUT2D eigenvalue weighted by Gasteiger charge is 2.48. The summed E-state index contributed by atoms with van der Waals surface area (Å²) in [5.41, 5.74) is 0.128. The molecule has 2 aliphatic rings. The molecule has 1 aliphatic carbocycles. The first-order valence-electron chi connectivity index (χ1n) is 12.6. The van der Waals surface area contributed by atoms with Gasteiger partial charge in [-0.1, -0.05) is 19.8 Å². The van der Waals surface area contributed by atoms with E-state index in [1.807, 2.05) is 6.07 Å². The third-order valence-electron chi connectivity index (χ3n) is 6.79. The minimum Gasteiger partial charge on any atom is -0.497 e. The van der Waals surface area contributed by atoms with Gasteiger partial charge in [0.15, 0.2) is 0 Å². The Hall–Kier alpha value is -2.99. The lowest BCUT2D eigenvalue weighted by Gasteiger charge is -2.44. The van der Waals surface area contributed by atoms with Gasteiger partial charge in [-0.15, -0.1) is 0 Å². The molecule has 1 saturated carbocycles. The zero-order valence-corrected chi connectivity index (χ0v) is 23.9. The zero-order chi connectivity index (χ0) is 27.8. The van der Waals surface area contributed by atoms with Crippen molar-refractivity contribution in [1.29, 1.82) is 0 Å². The van der Waals surface area contributed by atoms with Crippen LogP contribution in [0.5, 0.6) is 17.2 Å². The average Bonchev–Trinajstić information content (AvgIpc) is 3.80. The van der Waals surface area contributed by atoms with Crippen molar-refractivity contribution in [3.8, 4) is 28.4 Å². The molecule has 1 heterocycles. The van der Waals surface area contributed by atoms with Crippen LogP contribution in [-0.2, 0) is 27.5 Å². The number of hydrogen-bond acceptors (Lipinski definition) is 7. The van der Waals surface area contributed by atoms with Gasteiger partial charge < -0.3 is 24.3 Å². The minimum absolute atomic E-state index is 0.0892. The molecular formula is C28H32FN2O6PS. The molecule has 208 valence electrons. The van der Waals surface area contributed by atoms with Gasteiger partial charge in [-0.05, 0) is 48.4 Å². The molecule has 2 aromatic carbocycles. The summed E-state index contributed by atoms with van der Waals surface area (Å²) in [4.78, 5) is 29.0. The second kappa shape index (κ2) is 13.4. The molecule has 2 aromatic rings. The SMILES string of the molecule is COc1ccc(CNC(=O)C2(N(C(=O)C#CSP)c3ccc(OC4CC4)c(CF)c3)CCOCC2)c(OC)c1. The van der Waals surface area contributed by atoms with Crippen LogP contribution >= 0.6 is 19.8 Å². The molecule has 1 N–H and O–H groups in total. The number of hydrogen-bond donors (Lipinski definition) is 1. The van der Waals surface area contributed by atoms with Crippen LogP contribution in [0.2, 0.25) is 0 Å². The molecule has 39 heavy (non-hydrogen) atoms. The highest BCUT2D eigenvalue weighted by atomic mass is 32.7. The van der Waals surface area contributed by atoms with Crippen molar-refractivity contribution < 1.29 is 32.9 Å². The predicted molar refractivity (Wildman–Crippen MR) is 152 cm³/mol. The van der Waals surface area contributed by atoms with E-state index in [1.165, 1.54) is 4.90 Å². The van der Waals surface area contributed by atoms with Crippen molar-refractivity contribution in [1.82, 2.24) is 5.32 Å². The van der Waals surface area contributed by atoms with Crippen molar-refractivity contribution >= 4 is 37.3 Å². The molecule has 8 nitrogen and oxygen atoms in total. The molecule has 0 radical (unpaired) electrons. The number of halogens is 1. The number of benzene rings is 2. The van der Waals surface area contributed by atoms with Crippen molar-refractivity contribution in [2.75, 3.05) is 32.3 Å². The molecule has 0 aromatic heterocycles. The number of methoxy groups -OCH3 is 2. The van der Waals surface area contributed by atoms with E-state index in [9.17, 15) is 14.0 Å². The Bertz CT molecular complexity index is 1260. The van der Waals surface area contributed by atoms with Crippen LogP contribution in [0.4, 0.5) is 10.1 Å². The van der Waals surface area contributed by atoms with Gasteiger partial charge in [-0.2, -0.15) is 0 Å². The van der Waals surface area contributed by atoms with Crippen molar-refractivity contribution in [3.05, 3.63) is 47.5 Å². The molecule has 1 saturated heterocycles. The van der Waals surface area contributed by atoms with Crippen LogP contribution in [0.1, 0.15) is 36.8 Å². The van der Waals surface area contributed by atoms with E-state index in [0.717, 1.165) is 29.8 Å². The normalized spacial score (nSPS) is 15.9. The van der Waals surface area contributed by atoms with Crippen molar-refractivity contribution in [2.24, 2.45) is 0 Å². The Labute approximate surface area is 234 Å². The molecule has 2 amide bonds. The largest absolute Gasteiger partial charge is 0.497 e. The Morgan fingerprint density at radius 2 is 1.90 bits per heavy atom. The van der Waals surface area contributed by atoms with Gasteiger partial charge in [-0.25, -0.2) is 4.39 Å². The molecule has 0 spiro atoms. The van der Waals surface area contributed by atoms with Gasteiger partial charge in [0.2, 0.25) is 5.91 Å². The van der Waals surface area contributed by atoms with Crippen LogP contribution in [-0.4, -0.2) is 50.9 Å². The molecule has 4 rings (SSSR count). The lowest BCUT2D eigenvalue weighted by molar-refractivity contribution is -0.133. The zero-order valence-electron chi connectivity index (χ0n) is 22.0. The number of carbonyl (C=O) groups is 2. The first kappa shape index (κ1) is 29.0. The van der Waals surface area contributed by atoms with Gasteiger partial charge in [0.25, 0.3) is 0 Å². The maximum Gasteiger partial charge on any atom is 0.304 e. The number of nitrogens with zero attached hydrogens (tertiary/aromatic N) is 1. The first-order chi connectivity index (χ1) is 18.9. The number of rotatable bonds is 10. The Morgan fingerprint density at radius 1 is 1.13 bits per heavy atom. The fraction of sp³-hybridized carbons (Fsp3) is 0.429. The number of anilines is 1. The summed E-state index contributed by atoms with van der Waals surface area (Å²) in [6.07, 6.45) is 2.44. The van der Waals surface area contributed by atoms with Crippen LogP contribution in [0.15, 0.2) is 36.4 Å². The van der Waals surface area contributed by atoms with Gasteiger partial charge in [0.05, 0.1) is 20.3 Å². The number of alkyl halides is 1. The van der Waals surface area contributed by atoms with E-state index in [1.54, 1.807) is 44.6 Å². The van der Waals surface area contributed by atoms with E-state index in [0.29, 0.717) is 28.5 Å². The molecule has 2 fully saturated rings. The summed E-state index contributed by atoms with van der Waals surface area (Å²) in [7, 11) is 5.48. The number of amides is 2. The monoisotopic (exact) mass is 574 g/mol. The van der Waals surface area contributed by atoms with Crippen molar-refractivity contribution in [2.45, 2.75) is 50.5 Å². The highest BCUT2D eigenvalue weighted by molar-refractivity contribution is 8.46. The van der Waals surface area contributed by atoms with Crippen LogP contribution < -0.4 is 24.4 Å². The lowest BCUT2D eigenvalue weighted by Crippen LogP contribution is -2.63. The number of ether oxygens (including phenoxy) is 4. The first-order valence-corrected chi connectivity index (χ1v) is 14.9. The second-order valence-corrected chi connectivity index (χ2v) is 10.4. The Balaban J connectivity index is 1.70. The quantitative estimate of drug-likeness (QED) is 0.333. The summed E-state index contributed by atoms with van der Waals surface area (Å²) >= 11 is 1.11. The third-order valence-corrected chi connectivity index (χ3v) is 7.36. The maximum absolute atomic E-state index is 14.1. The smallest absolute Gasteiger partial charge is 0.304 e. The van der Waals surface area contributed by atoms with E-state index in [2.05, 4.69) is 24.9 Å². The highest BCUT2D eigenvalue weighted by Crippen LogP contribution is 2.38. The molecule has 11 heteroatoms. The molecule has 0 bridgehead atoms. The Morgan fingerprint density at radius 3 is 2.54 bits per heavy atom. The van der Waals surface area contributed by atoms with Gasteiger partial charge in [0.1, 0.15) is 29.5 Å².